The topological polar surface area (TPSA) is 59.1 Å². The van der Waals surface area contributed by atoms with Gasteiger partial charge in [0.15, 0.2) is 9.84 Å². The molecule has 0 radical (unpaired) electrons. The summed E-state index contributed by atoms with van der Waals surface area (Å²) >= 11 is 1.20. The fraction of sp³-hybridized carbons (Fsp3) is 0.250. The minimum Gasteiger partial charge on any atom is -0.375 e. The van der Waals surface area contributed by atoms with E-state index in [0.29, 0.717) is 10.7 Å². The Morgan fingerprint density at radius 3 is 2.55 bits per heavy atom. The predicted molar refractivity (Wildman–Crippen MR) is 74.3 cm³/mol. The zero-order valence-electron chi connectivity index (χ0n) is 10.6. The number of thiazole rings is 1. The Labute approximate surface area is 119 Å². The van der Waals surface area contributed by atoms with Crippen LogP contribution >= 0.6 is 11.3 Å². The van der Waals surface area contributed by atoms with Crippen LogP contribution < -0.4 is 5.32 Å². The maximum Gasteiger partial charge on any atom is 0.153 e. The molecule has 0 amide bonds. The van der Waals surface area contributed by atoms with Gasteiger partial charge in [0.1, 0.15) is 28.1 Å². The van der Waals surface area contributed by atoms with E-state index in [1.165, 1.54) is 17.4 Å². The molecule has 0 saturated heterocycles. The van der Waals surface area contributed by atoms with Crippen LogP contribution in [0.25, 0.3) is 0 Å². The first kappa shape index (κ1) is 14.9. The molecule has 0 unspecified atom stereocenters. The second-order valence-corrected chi connectivity index (χ2v) is 7.34. The van der Waals surface area contributed by atoms with E-state index in [9.17, 15) is 17.2 Å². The zero-order valence-corrected chi connectivity index (χ0v) is 12.2. The van der Waals surface area contributed by atoms with E-state index in [-0.39, 0.29) is 18.0 Å². The summed E-state index contributed by atoms with van der Waals surface area (Å²) in [7, 11) is -3.14. The number of nitrogens with one attached hydrogen (secondary N) is 1. The van der Waals surface area contributed by atoms with Crippen LogP contribution in [0.5, 0.6) is 0 Å². The highest BCUT2D eigenvalue weighted by Gasteiger charge is 2.11. The van der Waals surface area contributed by atoms with Crippen molar-refractivity contribution in [1.82, 2.24) is 4.98 Å². The van der Waals surface area contributed by atoms with Crippen molar-refractivity contribution < 1.29 is 17.2 Å². The van der Waals surface area contributed by atoms with Crippen LogP contribution in [0.15, 0.2) is 23.6 Å². The highest BCUT2D eigenvalue weighted by atomic mass is 32.2. The summed E-state index contributed by atoms with van der Waals surface area (Å²) in [6, 6.07) is 3.59. The van der Waals surface area contributed by atoms with Crippen molar-refractivity contribution in [3.63, 3.8) is 0 Å². The second kappa shape index (κ2) is 5.84. The van der Waals surface area contributed by atoms with E-state index in [1.807, 2.05) is 0 Å². The number of hydrogen-bond donors (Lipinski definition) is 1. The largest absolute Gasteiger partial charge is 0.375 e. The SMILES string of the molecule is CS(=O)(=O)Cc1nc(CNc2c(F)cccc2F)cs1. The summed E-state index contributed by atoms with van der Waals surface area (Å²) in [5.74, 6) is -1.50. The van der Waals surface area contributed by atoms with E-state index in [1.54, 1.807) is 5.38 Å². The van der Waals surface area contributed by atoms with Crippen molar-refractivity contribution in [2.45, 2.75) is 12.3 Å². The third-order valence-corrected chi connectivity index (χ3v) is 4.27. The molecular formula is C12H12F2N2O2S2. The Balaban J connectivity index is 2.05. The number of benzene rings is 1. The Hall–Kier alpha value is -1.54. The summed E-state index contributed by atoms with van der Waals surface area (Å²) in [5, 5.41) is 4.73. The molecule has 1 N–H and O–H groups in total. The molecule has 2 aromatic rings. The smallest absolute Gasteiger partial charge is 0.153 e. The number of para-hydroxylation sites is 1. The summed E-state index contributed by atoms with van der Waals surface area (Å²) in [6.45, 7) is 0.123. The number of anilines is 1. The van der Waals surface area contributed by atoms with Gasteiger partial charge in [-0.05, 0) is 12.1 Å². The molecule has 0 spiro atoms. The summed E-state index contributed by atoms with van der Waals surface area (Å²) < 4.78 is 49.0. The van der Waals surface area contributed by atoms with Gasteiger partial charge >= 0.3 is 0 Å². The quantitative estimate of drug-likeness (QED) is 0.920. The van der Waals surface area contributed by atoms with E-state index < -0.39 is 21.5 Å². The van der Waals surface area contributed by atoms with Gasteiger partial charge in [0.25, 0.3) is 0 Å². The van der Waals surface area contributed by atoms with Crippen LogP contribution in [0, 0.1) is 11.6 Å². The van der Waals surface area contributed by atoms with Gasteiger partial charge in [-0.1, -0.05) is 6.07 Å². The maximum atomic E-state index is 13.4. The van der Waals surface area contributed by atoms with Crippen LogP contribution in [0.2, 0.25) is 0 Å². The van der Waals surface area contributed by atoms with Gasteiger partial charge in [0, 0.05) is 11.6 Å². The lowest BCUT2D eigenvalue weighted by molar-refractivity contribution is 0.588. The van der Waals surface area contributed by atoms with Crippen molar-refractivity contribution in [3.8, 4) is 0 Å². The van der Waals surface area contributed by atoms with E-state index in [0.717, 1.165) is 18.4 Å². The molecule has 0 aliphatic carbocycles. The molecule has 2 rings (SSSR count). The van der Waals surface area contributed by atoms with Crippen molar-refractivity contribution in [3.05, 3.63) is 45.9 Å². The predicted octanol–water partition coefficient (Wildman–Crippen LogP) is 2.58. The van der Waals surface area contributed by atoms with Crippen LogP contribution in [0.1, 0.15) is 10.7 Å². The first-order valence-corrected chi connectivity index (χ1v) is 8.58. The van der Waals surface area contributed by atoms with Gasteiger partial charge in [-0.15, -0.1) is 11.3 Å². The van der Waals surface area contributed by atoms with Gasteiger partial charge in [0.2, 0.25) is 0 Å². The van der Waals surface area contributed by atoms with Crippen molar-refractivity contribution >= 4 is 26.9 Å². The number of aromatic nitrogens is 1. The molecule has 1 aromatic heterocycles. The molecule has 20 heavy (non-hydrogen) atoms. The molecule has 108 valence electrons. The first-order valence-electron chi connectivity index (χ1n) is 5.64. The van der Waals surface area contributed by atoms with Gasteiger partial charge in [-0.3, -0.25) is 0 Å². The first-order chi connectivity index (χ1) is 9.35. The standard InChI is InChI=1S/C12H12F2N2O2S2/c1-20(17,18)7-11-16-8(6-19-11)5-15-12-9(13)3-2-4-10(12)14/h2-4,6,15H,5,7H2,1H3. The normalized spacial score (nSPS) is 11.6. The lowest BCUT2D eigenvalue weighted by atomic mass is 10.3. The van der Waals surface area contributed by atoms with Crippen LogP contribution in [-0.4, -0.2) is 19.7 Å². The lowest BCUT2D eigenvalue weighted by Crippen LogP contribution is -2.05. The zero-order chi connectivity index (χ0) is 14.8. The van der Waals surface area contributed by atoms with Crippen molar-refractivity contribution in [2.75, 3.05) is 11.6 Å². The number of rotatable bonds is 5. The molecule has 0 aliphatic rings. The van der Waals surface area contributed by atoms with Gasteiger partial charge in [-0.25, -0.2) is 22.2 Å². The maximum absolute atomic E-state index is 13.4. The van der Waals surface area contributed by atoms with E-state index in [4.69, 9.17) is 0 Å². The number of nitrogens with zero attached hydrogens (tertiary/aromatic N) is 1. The molecule has 8 heteroatoms. The van der Waals surface area contributed by atoms with Gasteiger partial charge in [0.05, 0.1) is 12.2 Å². The molecule has 1 aromatic carbocycles. The molecule has 0 saturated carbocycles. The fourth-order valence-corrected chi connectivity index (χ4v) is 3.57. The van der Waals surface area contributed by atoms with Crippen molar-refractivity contribution in [1.29, 1.82) is 0 Å². The second-order valence-electron chi connectivity index (χ2n) is 4.25. The van der Waals surface area contributed by atoms with E-state index >= 15 is 0 Å². The molecule has 4 nitrogen and oxygen atoms in total. The fourth-order valence-electron chi connectivity index (χ4n) is 1.57. The molecular weight excluding hydrogens is 306 g/mol. The monoisotopic (exact) mass is 318 g/mol. The minimum absolute atomic E-state index is 0.123. The molecule has 1 heterocycles. The summed E-state index contributed by atoms with van der Waals surface area (Å²) in [6.07, 6.45) is 1.13. The van der Waals surface area contributed by atoms with Crippen LogP contribution in [-0.2, 0) is 22.1 Å². The number of halogens is 2. The summed E-state index contributed by atoms with van der Waals surface area (Å²) in [4.78, 5) is 4.10. The number of sulfone groups is 1. The minimum atomic E-state index is -3.14. The van der Waals surface area contributed by atoms with Gasteiger partial charge in [-0.2, -0.15) is 0 Å². The third-order valence-electron chi connectivity index (χ3n) is 2.39. The van der Waals surface area contributed by atoms with Crippen LogP contribution in [0.3, 0.4) is 0 Å². The molecule has 0 fully saturated rings. The highest BCUT2D eigenvalue weighted by Crippen LogP contribution is 2.19. The van der Waals surface area contributed by atoms with Crippen LogP contribution in [0.4, 0.5) is 14.5 Å². The highest BCUT2D eigenvalue weighted by molar-refractivity contribution is 7.90. The average molecular weight is 318 g/mol. The Morgan fingerprint density at radius 2 is 1.95 bits per heavy atom. The Bertz CT molecular complexity index is 694. The molecule has 0 bridgehead atoms. The Morgan fingerprint density at radius 1 is 1.30 bits per heavy atom. The average Bonchev–Trinajstić information content (AvgIpc) is 2.73. The Kier molecular flexibility index (Phi) is 4.34. The number of hydrogen-bond acceptors (Lipinski definition) is 5. The van der Waals surface area contributed by atoms with Crippen molar-refractivity contribution in [2.24, 2.45) is 0 Å². The lowest BCUT2D eigenvalue weighted by Gasteiger charge is -2.06. The third kappa shape index (κ3) is 3.97. The van der Waals surface area contributed by atoms with E-state index in [2.05, 4.69) is 10.3 Å². The van der Waals surface area contributed by atoms with Gasteiger partial charge < -0.3 is 5.32 Å². The molecule has 0 atom stereocenters. The summed E-state index contributed by atoms with van der Waals surface area (Å²) in [5.41, 5.74) is 0.321. The molecule has 0 aliphatic heterocycles.